The van der Waals surface area contributed by atoms with Gasteiger partial charge in [0.25, 0.3) is 5.91 Å². The number of benzene rings is 1. The number of unbranched alkanes of at least 4 members (excludes halogenated alkanes) is 1. The van der Waals surface area contributed by atoms with Crippen LogP contribution in [0.2, 0.25) is 0 Å². The molecule has 0 aliphatic carbocycles. The van der Waals surface area contributed by atoms with Gasteiger partial charge in [-0.1, -0.05) is 19.4 Å². The first kappa shape index (κ1) is 19.1. The van der Waals surface area contributed by atoms with Gasteiger partial charge >= 0.3 is 0 Å². The number of hydrogen-bond acceptors (Lipinski definition) is 4. The minimum atomic E-state index is -3.52. The summed E-state index contributed by atoms with van der Waals surface area (Å²) in [6.07, 6.45) is 5.09. The van der Waals surface area contributed by atoms with Crippen LogP contribution in [0.5, 0.6) is 0 Å². The van der Waals surface area contributed by atoms with E-state index in [2.05, 4.69) is 10.3 Å². The fourth-order valence-electron chi connectivity index (χ4n) is 2.25. The summed E-state index contributed by atoms with van der Waals surface area (Å²) in [5.41, 5.74) is 1.31. The van der Waals surface area contributed by atoms with E-state index in [9.17, 15) is 13.2 Å². The number of amides is 1. The zero-order chi connectivity index (χ0) is 18.3. The van der Waals surface area contributed by atoms with Crippen molar-refractivity contribution < 1.29 is 13.2 Å². The Morgan fingerprint density at radius 1 is 1.20 bits per heavy atom. The van der Waals surface area contributed by atoms with E-state index < -0.39 is 10.0 Å². The number of nitrogens with one attached hydrogen (secondary N) is 1. The Hall–Kier alpha value is -2.25. The molecule has 1 aromatic heterocycles. The molecule has 25 heavy (non-hydrogen) atoms. The van der Waals surface area contributed by atoms with Gasteiger partial charge in [0.1, 0.15) is 0 Å². The second kappa shape index (κ2) is 8.73. The van der Waals surface area contributed by atoms with Gasteiger partial charge in [0.2, 0.25) is 10.0 Å². The Labute approximate surface area is 148 Å². The lowest BCUT2D eigenvalue weighted by Crippen LogP contribution is -2.28. The van der Waals surface area contributed by atoms with Crippen LogP contribution < -0.4 is 5.32 Å². The van der Waals surface area contributed by atoms with Gasteiger partial charge in [-0.2, -0.15) is 0 Å². The highest BCUT2D eigenvalue weighted by Crippen LogP contribution is 2.16. The zero-order valence-corrected chi connectivity index (χ0v) is 15.3. The lowest BCUT2D eigenvalue weighted by Gasteiger charge is -2.17. The maximum Gasteiger partial charge on any atom is 0.251 e. The third-order valence-electron chi connectivity index (χ3n) is 3.83. The van der Waals surface area contributed by atoms with Crippen molar-refractivity contribution in [2.45, 2.75) is 31.2 Å². The summed E-state index contributed by atoms with van der Waals surface area (Å²) in [7, 11) is -1.95. The molecule has 0 bridgehead atoms. The molecule has 0 atom stereocenters. The third kappa shape index (κ3) is 5.11. The van der Waals surface area contributed by atoms with Crippen LogP contribution in [0.15, 0.2) is 53.7 Å². The van der Waals surface area contributed by atoms with Crippen molar-refractivity contribution in [3.8, 4) is 0 Å². The topological polar surface area (TPSA) is 79.4 Å². The van der Waals surface area contributed by atoms with Crippen LogP contribution in [-0.2, 0) is 16.6 Å². The van der Waals surface area contributed by atoms with E-state index >= 15 is 0 Å². The lowest BCUT2D eigenvalue weighted by atomic mass is 10.2. The van der Waals surface area contributed by atoms with Crippen molar-refractivity contribution in [3.05, 3.63) is 59.9 Å². The standard InChI is InChI=1S/C18H23N3O3S/c1-3-4-12-21(2)25(23,24)17-9-7-16(8-10-17)18(22)20-14-15-6-5-11-19-13-15/h5-11,13H,3-4,12,14H2,1-2H3,(H,20,22). The largest absolute Gasteiger partial charge is 0.348 e. The summed E-state index contributed by atoms with van der Waals surface area (Å²) < 4.78 is 26.2. The van der Waals surface area contributed by atoms with Gasteiger partial charge in [0, 0.05) is 38.1 Å². The zero-order valence-electron chi connectivity index (χ0n) is 14.5. The number of rotatable bonds is 8. The van der Waals surface area contributed by atoms with E-state index in [1.165, 1.54) is 28.6 Å². The Kier molecular flexibility index (Phi) is 6.66. The van der Waals surface area contributed by atoms with Crippen LogP contribution in [0.3, 0.4) is 0 Å². The Morgan fingerprint density at radius 3 is 2.52 bits per heavy atom. The molecular weight excluding hydrogens is 338 g/mol. The molecule has 0 spiro atoms. The Morgan fingerprint density at radius 2 is 1.92 bits per heavy atom. The molecule has 0 aliphatic rings. The summed E-state index contributed by atoms with van der Waals surface area (Å²) in [4.78, 5) is 16.3. The van der Waals surface area contributed by atoms with E-state index in [0.29, 0.717) is 18.7 Å². The maximum absolute atomic E-state index is 12.4. The molecule has 0 unspecified atom stereocenters. The first-order chi connectivity index (χ1) is 11.9. The predicted octanol–water partition coefficient (Wildman–Crippen LogP) is 2.43. The predicted molar refractivity (Wildman–Crippen MR) is 96.6 cm³/mol. The number of sulfonamides is 1. The molecule has 2 rings (SSSR count). The van der Waals surface area contributed by atoms with E-state index in [4.69, 9.17) is 0 Å². The quantitative estimate of drug-likeness (QED) is 0.783. The number of aromatic nitrogens is 1. The molecule has 0 fully saturated rings. The van der Waals surface area contributed by atoms with Crippen molar-refractivity contribution >= 4 is 15.9 Å². The molecule has 7 heteroatoms. The second-order valence-corrected chi connectivity index (χ2v) is 7.79. The summed E-state index contributed by atoms with van der Waals surface area (Å²) in [5.74, 6) is -0.257. The first-order valence-corrected chi connectivity index (χ1v) is 9.62. The summed E-state index contributed by atoms with van der Waals surface area (Å²) in [6, 6.07) is 9.66. The molecule has 1 N–H and O–H groups in total. The van der Waals surface area contributed by atoms with Gasteiger partial charge in [-0.05, 0) is 42.3 Å². The van der Waals surface area contributed by atoms with Gasteiger partial charge < -0.3 is 5.32 Å². The smallest absolute Gasteiger partial charge is 0.251 e. The van der Waals surface area contributed by atoms with Crippen molar-refractivity contribution in [2.24, 2.45) is 0 Å². The average molecular weight is 361 g/mol. The lowest BCUT2D eigenvalue weighted by molar-refractivity contribution is 0.0951. The maximum atomic E-state index is 12.4. The molecule has 1 aromatic carbocycles. The number of hydrogen-bond donors (Lipinski definition) is 1. The molecule has 2 aromatic rings. The highest BCUT2D eigenvalue weighted by atomic mass is 32.2. The van der Waals surface area contributed by atoms with Gasteiger partial charge in [-0.3, -0.25) is 9.78 Å². The average Bonchev–Trinajstić information content (AvgIpc) is 2.65. The van der Waals surface area contributed by atoms with Crippen LogP contribution in [0, 0.1) is 0 Å². The Balaban J connectivity index is 2.02. The molecule has 6 nitrogen and oxygen atoms in total. The molecule has 134 valence electrons. The molecule has 1 heterocycles. The normalized spacial score (nSPS) is 11.5. The van der Waals surface area contributed by atoms with Crippen LogP contribution >= 0.6 is 0 Å². The van der Waals surface area contributed by atoms with E-state index in [0.717, 1.165) is 18.4 Å². The van der Waals surface area contributed by atoms with Crippen LogP contribution in [0.25, 0.3) is 0 Å². The monoisotopic (exact) mass is 361 g/mol. The highest BCUT2D eigenvalue weighted by Gasteiger charge is 2.20. The number of carbonyl (C=O) groups is 1. The fourth-order valence-corrected chi connectivity index (χ4v) is 3.46. The van der Waals surface area contributed by atoms with Gasteiger partial charge in [-0.25, -0.2) is 12.7 Å². The summed E-state index contributed by atoms with van der Waals surface area (Å²) in [5, 5.41) is 2.79. The number of pyridine rings is 1. The van der Waals surface area contributed by atoms with Crippen molar-refractivity contribution in [2.75, 3.05) is 13.6 Å². The minimum Gasteiger partial charge on any atom is -0.348 e. The van der Waals surface area contributed by atoms with E-state index in [-0.39, 0.29) is 10.8 Å². The molecule has 0 saturated carbocycles. The van der Waals surface area contributed by atoms with Crippen molar-refractivity contribution in [3.63, 3.8) is 0 Å². The van der Waals surface area contributed by atoms with Crippen LogP contribution in [0.1, 0.15) is 35.7 Å². The van der Waals surface area contributed by atoms with E-state index in [1.54, 1.807) is 25.5 Å². The number of carbonyl (C=O) groups excluding carboxylic acids is 1. The van der Waals surface area contributed by atoms with Gasteiger partial charge in [-0.15, -0.1) is 0 Å². The SMILES string of the molecule is CCCCN(C)S(=O)(=O)c1ccc(C(=O)NCc2cccnc2)cc1. The highest BCUT2D eigenvalue weighted by molar-refractivity contribution is 7.89. The third-order valence-corrected chi connectivity index (χ3v) is 5.70. The minimum absolute atomic E-state index is 0.190. The first-order valence-electron chi connectivity index (χ1n) is 8.18. The van der Waals surface area contributed by atoms with E-state index in [1.807, 2.05) is 13.0 Å². The molecule has 0 saturated heterocycles. The number of nitrogens with zero attached hydrogens (tertiary/aromatic N) is 2. The molecule has 0 radical (unpaired) electrons. The molecular formula is C18H23N3O3S. The van der Waals surface area contributed by atoms with Crippen LogP contribution in [0.4, 0.5) is 0 Å². The molecule has 0 aliphatic heterocycles. The van der Waals surface area contributed by atoms with Crippen molar-refractivity contribution in [1.82, 2.24) is 14.6 Å². The summed E-state index contributed by atoms with van der Waals surface area (Å²) >= 11 is 0. The van der Waals surface area contributed by atoms with Crippen molar-refractivity contribution in [1.29, 1.82) is 0 Å². The van der Waals surface area contributed by atoms with Gasteiger partial charge in [0.05, 0.1) is 4.90 Å². The Bertz CT molecular complexity index is 790. The van der Waals surface area contributed by atoms with Gasteiger partial charge in [0.15, 0.2) is 0 Å². The summed E-state index contributed by atoms with van der Waals surface area (Å²) in [6.45, 7) is 2.86. The molecule has 1 amide bonds. The fraction of sp³-hybridized carbons (Fsp3) is 0.333. The van der Waals surface area contributed by atoms with Crippen LogP contribution in [-0.4, -0.2) is 37.2 Å². The second-order valence-electron chi connectivity index (χ2n) is 5.75.